The van der Waals surface area contributed by atoms with Gasteiger partial charge in [-0.15, -0.1) is 0 Å². The van der Waals surface area contributed by atoms with Crippen LogP contribution in [0.3, 0.4) is 0 Å². The molecule has 0 spiro atoms. The second-order valence-electron chi connectivity index (χ2n) is 5.96. The third-order valence-electron chi connectivity index (χ3n) is 4.23. The molecule has 0 aliphatic heterocycles. The van der Waals surface area contributed by atoms with E-state index in [1.54, 1.807) is 6.07 Å². The lowest BCUT2D eigenvalue weighted by Crippen LogP contribution is -1.90. The molecule has 0 aliphatic rings. The van der Waals surface area contributed by atoms with Crippen molar-refractivity contribution >= 4 is 10.9 Å². The number of hydrogen-bond donors (Lipinski definition) is 1. The molecule has 0 radical (unpaired) electrons. The predicted octanol–water partition coefficient (Wildman–Crippen LogP) is 5.58. The maximum atomic E-state index is 10.3. The highest BCUT2D eigenvalue weighted by Gasteiger charge is 2.12. The van der Waals surface area contributed by atoms with Crippen LogP contribution in [0.5, 0.6) is 5.75 Å². The maximum Gasteiger partial charge on any atom is 0.124 e. The van der Waals surface area contributed by atoms with Crippen molar-refractivity contribution < 1.29 is 5.11 Å². The summed E-state index contributed by atoms with van der Waals surface area (Å²) in [5, 5.41) is 11.4. The lowest BCUT2D eigenvalue weighted by atomic mass is 9.97. The summed E-state index contributed by atoms with van der Waals surface area (Å²) in [6.07, 6.45) is 0. The number of hydrogen-bond acceptors (Lipinski definition) is 2. The molecule has 4 aromatic rings. The van der Waals surface area contributed by atoms with Crippen molar-refractivity contribution in [1.82, 2.24) is 4.98 Å². The van der Waals surface area contributed by atoms with Gasteiger partial charge in [0.05, 0.1) is 11.2 Å². The molecule has 24 heavy (non-hydrogen) atoms. The Balaban J connectivity index is 2.03. The minimum Gasteiger partial charge on any atom is -0.507 e. The Bertz CT molecular complexity index is 1020. The number of pyridine rings is 1. The first-order chi connectivity index (χ1) is 11.7. The van der Waals surface area contributed by atoms with E-state index in [1.807, 2.05) is 55.5 Å². The lowest BCUT2D eigenvalue weighted by Gasteiger charge is -2.11. The summed E-state index contributed by atoms with van der Waals surface area (Å²) in [7, 11) is 0. The number of benzene rings is 3. The lowest BCUT2D eigenvalue weighted by molar-refractivity contribution is 0.477. The number of aryl methyl sites for hydroxylation is 1. The third kappa shape index (κ3) is 2.52. The SMILES string of the molecule is Cc1ccc(O)c(-c2cc(-c3ccccc3)c3ccccc3n2)c1. The van der Waals surface area contributed by atoms with Crippen molar-refractivity contribution in [2.24, 2.45) is 0 Å². The van der Waals surface area contributed by atoms with E-state index in [0.717, 1.165) is 38.9 Å². The molecule has 0 unspecified atom stereocenters. The Morgan fingerprint density at radius 1 is 0.750 bits per heavy atom. The van der Waals surface area contributed by atoms with Crippen LogP contribution >= 0.6 is 0 Å². The van der Waals surface area contributed by atoms with Crippen LogP contribution in [-0.2, 0) is 0 Å². The van der Waals surface area contributed by atoms with Gasteiger partial charge in [-0.2, -0.15) is 0 Å². The fraction of sp³-hybridized carbons (Fsp3) is 0.0455. The number of fused-ring (bicyclic) bond motifs is 1. The summed E-state index contributed by atoms with van der Waals surface area (Å²) in [4.78, 5) is 4.77. The van der Waals surface area contributed by atoms with Crippen molar-refractivity contribution in [1.29, 1.82) is 0 Å². The number of nitrogens with zero attached hydrogens (tertiary/aromatic N) is 1. The Kier molecular flexibility index (Phi) is 3.51. The maximum absolute atomic E-state index is 10.3. The largest absolute Gasteiger partial charge is 0.507 e. The monoisotopic (exact) mass is 311 g/mol. The molecule has 2 nitrogen and oxygen atoms in total. The molecule has 1 heterocycles. The zero-order valence-corrected chi connectivity index (χ0v) is 13.4. The molecule has 0 amide bonds. The van der Waals surface area contributed by atoms with Gasteiger partial charge < -0.3 is 5.11 Å². The Labute approximate surface area is 141 Å². The Hall–Kier alpha value is -3.13. The van der Waals surface area contributed by atoms with Gasteiger partial charge in [-0.1, -0.05) is 60.2 Å². The highest BCUT2D eigenvalue weighted by atomic mass is 16.3. The number of rotatable bonds is 2. The van der Waals surface area contributed by atoms with Crippen molar-refractivity contribution in [3.63, 3.8) is 0 Å². The molecule has 4 rings (SSSR count). The average Bonchev–Trinajstić information content (AvgIpc) is 2.63. The van der Waals surface area contributed by atoms with Gasteiger partial charge in [-0.25, -0.2) is 4.98 Å². The van der Waals surface area contributed by atoms with E-state index in [2.05, 4.69) is 24.3 Å². The Morgan fingerprint density at radius 3 is 2.33 bits per heavy atom. The summed E-state index contributed by atoms with van der Waals surface area (Å²) >= 11 is 0. The minimum atomic E-state index is 0.252. The molecular formula is C22H17NO. The summed E-state index contributed by atoms with van der Waals surface area (Å²) in [6, 6.07) is 26.1. The number of phenols is 1. The summed E-state index contributed by atoms with van der Waals surface area (Å²) in [5.41, 5.74) is 5.84. The van der Waals surface area contributed by atoms with Crippen molar-refractivity contribution in [2.45, 2.75) is 6.92 Å². The van der Waals surface area contributed by atoms with E-state index in [4.69, 9.17) is 4.98 Å². The van der Waals surface area contributed by atoms with Crippen LogP contribution < -0.4 is 0 Å². The van der Waals surface area contributed by atoms with Crippen LogP contribution in [0.25, 0.3) is 33.3 Å². The molecule has 0 saturated heterocycles. The van der Waals surface area contributed by atoms with E-state index in [-0.39, 0.29) is 5.75 Å². The first-order valence-corrected chi connectivity index (χ1v) is 7.97. The fourth-order valence-electron chi connectivity index (χ4n) is 3.02. The van der Waals surface area contributed by atoms with Gasteiger partial charge in [0.2, 0.25) is 0 Å². The first-order valence-electron chi connectivity index (χ1n) is 7.97. The van der Waals surface area contributed by atoms with Gasteiger partial charge in [-0.3, -0.25) is 0 Å². The standard InChI is InChI=1S/C22H17NO/c1-15-11-12-22(24)19(13-15)21-14-18(16-7-3-2-4-8-16)17-9-5-6-10-20(17)23-21/h2-14,24H,1H3. The second kappa shape index (κ2) is 5.82. The topological polar surface area (TPSA) is 33.1 Å². The van der Waals surface area contributed by atoms with Crippen LogP contribution in [0, 0.1) is 6.92 Å². The van der Waals surface area contributed by atoms with Crippen LogP contribution in [0.4, 0.5) is 0 Å². The van der Waals surface area contributed by atoms with Crippen LogP contribution in [0.1, 0.15) is 5.56 Å². The number of phenolic OH excluding ortho intramolecular Hbond substituents is 1. The van der Waals surface area contributed by atoms with E-state index < -0.39 is 0 Å². The molecule has 2 heteroatoms. The number of para-hydroxylation sites is 1. The van der Waals surface area contributed by atoms with Gasteiger partial charge in [0, 0.05) is 10.9 Å². The highest BCUT2D eigenvalue weighted by Crippen LogP contribution is 2.35. The molecule has 0 saturated carbocycles. The van der Waals surface area contributed by atoms with E-state index in [0.29, 0.717) is 0 Å². The second-order valence-corrected chi connectivity index (χ2v) is 5.96. The van der Waals surface area contributed by atoms with Crippen LogP contribution in [0.2, 0.25) is 0 Å². The zero-order chi connectivity index (χ0) is 16.5. The van der Waals surface area contributed by atoms with Gasteiger partial charge in [0.25, 0.3) is 0 Å². The number of aromatic nitrogens is 1. The molecule has 116 valence electrons. The van der Waals surface area contributed by atoms with Gasteiger partial charge in [-0.05, 0) is 42.3 Å². The molecule has 3 aromatic carbocycles. The number of aromatic hydroxyl groups is 1. The first kappa shape index (κ1) is 14.5. The Morgan fingerprint density at radius 2 is 1.50 bits per heavy atom. The summed E-state index contributed by atoms with van der Waals surface area (Å²) < 4.78 is 0. The van der Waals surface area contributed by atoms with Crippen molar-refractivity contribution in [3.8, 4) is 28.1 Å². The molecule has 0 bridgehead atoms. The molecule has 1 N–H and O–H groups in total. The van der Waals surface area contributed by atoms with Crippen LogP contribution in [0.15, 0.2) is 78.9 Å². The van der Waals surface area contributed by atoms with Crippen LogP contribution in [-0.4, -0.2) is 10.1 Å². The quantitative estimate of drug-likeness (QED) is 0.524. The zero-order valence-electron chi connectivity index (χ0n) is 13.4. The van der Waals surface area contributed by atoms with Gasteiger partial charge in [0.15, 0.2) is 0 Å². The smallest absolute Gasteiger partial charge is 0.124 e. The van der Waals surface area contributed by atoms with Gasteiger partial charge in [0.1, 0.15) is 5.75 Å². The predicted molar refractivity (Wildman–Crippen MR) is 99.0 cm³/mol. The summed E-state index contributed by atoms with van der Waals surface area (Å²) in [5.74, 6) is 0.252. The minimum absolute atomic E-state index is 0.252. The highest BCUT2D eigenvalue weighted by molar-refractivity contribution is 5.97. The average molecular weight is 311 g/mol. The van der Waals surface area contributed by atoms with Gasteiger partial charge >= 0.3 is 0 Å². The summed E-state index contributed by atoms with van der Waals surface area (Å²) in [6.45, 7) is 2.02. The molecule has 0 fully saturated rings. The molecule has 0 aliphatic carbocycles. The molecular weight excluding hydrogens is 294 g/mol. The normalized spacial score (nSPS) is 10.9. The third-order valence-corrected chi connectivity index (χ3v) is 4.23. The fourth-order valence-corrected chi connectivity index (χ4v) is 3.02. The van der Waals surface area contributed by atoms with E-state index in [9.17, 15) is 5.11 Å². The van der Waals surface area contributed by atoms with Crippen molar-refractivity contribution in [2.75, 3.05) is 0 Å². The van der Waals surface area contributed by atoms with Crippen molar-refractivity contribution in [3.05, 3.63) is 84.4 Å². The van der Waals surface area contributed by atoms with E-state index in [1.165, 1.54) is 0 Å². The molecule has 1 aromatic heterocycles. The molecule has 0 atom stereocenters. The van der Waals surface area contributed by atoms with E-state index >= 15 is 0 Å².